The van der Waals surface area contributed by atoms with Gasteiger partial charge in [-0.05, 0) is 193 Å². The minimum atomic E-state index is -0.825. The first-order chi connectivity index (χ1) is 59.9. The molecule has 0 saturated carbocycles. The molecule has 15 aromatic carbocycles. The van der Waals surface area contributed by atoms with Gasteiger partial charge in [-0.25, -0.2) is 0 Å². The standard InChI is InChI=1S/C119H110BN3O3/c1-112(2,3)73-55-71(56-74(60-73)113(4,5)6)85-65-91(117(16,17)18)110-105(83-42-28-34-48-101(83)125-110)108(85)122-97-64-78(121-95-47-33-27-41-81(95)82-53-51-70(59-96(82)121)69-37-23-22-24-38-69)52-54-93(97)120-94-67-90-104(124-103-50-36-32-46-89(103)119(90)87-44-30-25-39-79(87)80-40-26-31-45-88(80)119)68-98(94)123(100-63-77(116(13,14)15)62-99(122)107(100)120)109-86(72-57-75(114(7,8)9)61-76(58-72)115(10,11)12)66-92(118(19,20)21)111-106(109)84-43-29-35-49-102(84)126-111/h22-68H,1-21H3. The number of anilines is 6. The fraction of sp³-hybridized carbons (Fsp3) is 0.244. The maximum atomic E-state index is 7.90. The number of hydrogen-bond acceptors (Lipinski definition) is 5. The molecule has 4 aliphatic rings. The number of aromatic nitrogens is 1. The molecule has 6 nitrogen and oxygen atoms in total. The van der Waals surface area contributed by atoms with Crippen LogP contribution in [-0.4, -0.2) is 11.3 Å². The summed E-state index contributed by atoms with van der Waals surface area (Å²) in [6.07, 6.45) is 0. The van der Waals surface area contributed by atoms with E-state index in [1.165, 1.54) is 77.3 Å². The molecule has 6 heterocycles. The molecule has 0 bridgehead atoms. The Morgan fingerprint density at radius 1 is 0.278 bits per heavy atom. The number of benzene rings is 15. The SMILES string of the molecule is CC(C)(C)c1cc(-c2cc(C(C)(C)C)c3oc4ccccc4c3c2N2c3cc(-n4c5ccccc5c5ccc(-c6ccccc6)cc54)ccc3B3c4cc5c(cc4N(c4c(-c6cc(C(C)(C)C)cc(C(C)(C)C)c6)cc(C(C)(C)C)c6oc7ccccc7c46)c4cc(C(C)(C)C)cc2c43)Oc2ccccc2C52c3ccccc3-c3ccccc32)cc(C(C)(C)C)c1. The van der Waals surface area contributed by atoms with Gasteiger partial charge >= 0.3 is 0 Å². The van der Waals surface area contributed by atoms with Crippen LogP contribution in [0.15, 0.2) is 294 Å². The van der Waals surface area contributed by atoms with Crippen molar-refractivity contribution < 1.29 is 13.6 Å². The Morgan fingerprint density at radius 3 is 1.22 bits per heavy atom. The highest BCUT2D eigenvalue weighted by Crippen LogP contribution is 2.65. The van der Waals surface area contributed by atoms with Crippen LogP contribution < -0.4 is 30.9 Å². The fourth-order valence-corrected chi connectivity index (χ4v) is 21.5. The monoisotopic (exact) mass is 1640 g/mol. The number of fused-ring (bicyclic) bond motifs is 22. The molecule has 622 valence electrons. The van der Waals surface area contributed by atoms with Crippen molar-refractivity contribution in [1.29, 1.82) is 0 Å². The van der Waals surface area contributed by atoms with E-state index in [4.69, 9.17) is 13.6 Å². The Balaban J connectivity index is 0.976. The van der Waals surface area contributed by atoms with E-state index in [1.54, 1.807) is 0 Å². The minimum Gasteiger partial charge on any atom is -0.457 e. The lowest BCUT2D eigenvalue weighted by Crippen LogP contribution is -2.62. The average molecular weight is 1640 g/mol. The third-order valence-electron chi connectivity index (χ3n) is 28.2. The fourth-order valence-electron chi connectivity index (χ4n) is 21.5. The minimum absolute atomic E-state index is 0.220. The highest BCUT2D eigenvalue weighted by Gasteiger charge is 2.54. The Bertz CT molecular complexity index is 7570. The predicted molar refractivity (Wildman–Crippen MR) is 534 cm³/mol. The van der Waals surface area contributed by atoms with Gasteiger partial charge in [0.25, 0.3) is 6.71 Å². The van der Waals surface area contributed by atoms with Gasteiger partial charge in [-0.3, -0.25) is 0 Å². The maximum Gasteiger partial charge on any atom is 0.252 e. The molecule has 3 aromatic heterocycles. The summed E-state index contributed by atoms with van der Waals surface area (Å²) in [5.74, 6) is 1.65. The second-order valence-corrected chi connectivity index (χ2v) is 43.7. The van der Waals surface area contributed by atoms with Crippen LogP contribution in [0.1, 0.15) is 207 Å². The third-order valence-corrected chi connectivity index (χ3v) is 28.2. The molecule has 0 fully saturated rings. The number of ether oxygens (including phenoxy) is 1. The van der Waals surface area contributed by atoms with Gasteiger partial charge in [-0.15, -0.1) is 0 Å². The van der Waals surface area contributed by atoms with Crippen LogP contribution in [0, 0.1) is 0 Å². The molecule has 0 N–H and O–H groups in total. The second-order valence-electron chi connectivity index (χ2n) is 43.7. The van der Waals surface area contributed by atoms with Crippen molar-refractivity contribution in [2.75, 3.05) is 9.80 Å². The van der Waals surface area contributed by atoms with E-state index in [-0.39, 0.29) is 32.5 Å². The van der Waals surface area contributed by atoms with E-state index in [0.29, 0.717) is 0 Å². The quantitative estimate of drug-likeness (QED) is 0.155. The molecule has 18 aromatic rings. The Kier molecular flexibility index (Phi) is 17.0. The normalized spacial score (nSPS) is 14.3. The van der Waals surface area contributed by atoms with Crippen molar-refractivity contribution in [2.24, 2.45) is 0 Å². The molecular formula is C119H110BN3O3. The van der Waals surface area contributed by atoms with Crippen LogP contribution in [0.5, 0.6) is 11.5 Å². The van der Waals surface area contributed by atoms with Crippen molar-refractivity contribution in [2.45, 2.75) is 189 Å². The summed E-state index contributed by atoms with van der Waals surface area (Å²) in [5, 5.41) is 6.62. The summed E-state index contributed by atoms with van der Waals surface area (Å²) in [5.41, 5.74) is 36.3. The van der Waals surface area contributed by atoms with E-state index < -0.39 is 17.5 Å². The average Bonchev–Trinajstić information content (AvgIpc) is 1.26. The van der Waals surface area contributed by atoms with Gasteiger partial charge in [-0.1, -0.05) is 358 Å². The van der Waals surface area contributed by atoms with Crippen LogP contribution in [0.3, 0.4) is 0 Å². The summed E-state index contributed by atoms with van der Waals surface area (Å²) >= 11 is 0. The Hall–Kier alpha value is -12.8. The van der Waals surface area contributed by atoms with E-state index in [2.05, 4.69) is 445 Å². The van der Waals surface area contributed by atoms with E-state index in [1.807, 2.05) is 0 Å². The summed E-state index contributed by atoms with van der Waals surface area (Å²) in [7, 11) is 0. The first-order valence-corrected chi connectivity index (χ1v) is 45.4. The van der Waals surface area contributed by atoms with Crippen LogP contribution in [0.25, 0.3) is 116 Å². The van der Waals surface area contributed by atoms with Gasteiger partial charge in [0.05, 0.1) is 38.6 Å². The van der Waals surface area contributed by atoms with Crippen LogP contribution in [0.4, 0.5) is 34.1 Å². The first-order valence-electron chi connectivity index (χ1n) is 45.4. The van der Waals surface area contributed by atoms with E-state index >= 15 is 0 Å². The molecule has 0 radical (unpaired) electrons. The molecule has 0 amide bonds. The Labute approximate surface area is 742 Å². The Morgan fingerprint density at radius 2 is 0.714 bits per heavy atom. The first kappa shape index (κ1) is 79.1. The predicted octanol–water partition coefficient (Wildman–Crippen LogP) is 31.2. The number of para-hydroxylation sites is 4. The van der Waals surface area contributed by atoms with Gasteiger partial charge in [0.15, 0.2) is 0 Å². The van der Waals surface area contributed by atoms with E-state index in [9.17, 15) is 0 Å². The zero-order chi connectivity index (χ0) is 87.5. The van der Waals surface area contributed by atoms with Crippen LogP contribution in [0.2, 0.25) is 0 Å². The largest absolute Gasteiger partial charge is 0.457 e. The zero-order valence-electron chi connectivity index (χ0n) is 76.8. The van der Waals surface area contributed by atoms with Crippen molar-refractivity contribution in [3.63, 3.8) is 0 Å². The zero-order valence-corrected chi connectivity index (χ0v) is 76.8. The van der Waals surface area contributed by atoms with Gasteiger partial charge in [0, 0.05) is 89.4 Å². The lowest BCUT2D eigenvalue weighted by Gasteiger charge is -2.47. The molecule has 0 unspecified atom stereocenters. The molecule has 7 heteroatoms. The molecule has 22 rings (SSSR count). The molecule has 0 atom stereocenters. The third kappa shape index (κ3) is 11.9. The van der Waals surface area contributed by atoms with Gasteiger partial charge in [0.1, 0.15) is 33.8 Å². The number of rotatable bonds is 6. The van der Waals surface area contributed by atoms with Crippen LogP contribution >= 0.6 is 0 Å². The molecule has 1 spiro atoms. The summed E-state index contributed by atoms with van der Waals surface area (Å²) in [6, 6.07) is 110. The molecule has 0 saturated heterocycles. The topological polar surface area (TPSA) is 46.9 Å². The van der Waals surface area contributed by atoms with Crippen molar-refractivity contribution in [3.05, 3.63) is 346 Å². The number of nitrogens with zero attached hydrogens (tertiary/aromatic N) is 3. The smallest absolute Gasteiger partial charge is 0.252 e. The van der Waals surface area contributed by atoms with Crippen molar-refractivity contribution in [1.82, 2.24) is 4.57 Å². The van der Waals surface area contributed by atoms with Crippen molar-refractivity contribution in [3.8, 4) is 61.7 Å². The molecule has 1 aliphatic carbocycles. The van der Waals surface area contributed by atoms with Crippen LogP contribution in [-0.2, 0) is 43.3 Å². The summed E-state index contributed by atoms with van der Waals surface area (Å²) in [4.78, 5) is 5.52. The lowest BCUT2D eigenvalue weighted by atomic mass is 9.33. The highest BCUT2D eigenvalue weighted by molar-refractivity contribution is 7.00. The molecule has 3 aliphatic heterocycles. The van der Waals surface area contributed by atoms with Gasteiger partial charge in [-0.2, -0.15) is 0 Å². The number of furan rings is 2. The van der Waals surface area contributed by atoms with Gasteiger partial charge < -0.3 is 27.9 Å². The summed E-state index contributed by atoms with van der Waals surface area (Å²) < 4.78 is 25.8. The lowest BCUT2D eigenvalue weighted by molar-refractivity contribution is 0.437. The summed E-state index contributed by atoms with van der Waals surface area (Å²) in [6.45, 7) is 49.5. The highest BCUT2D eigenvalue weighted by atomic mass is 16.5. The molecule has 126 heavy (non-hydrogen) atoms. The molecular weight excluding hydrogens is 1530 g/mol. The maximum absolute atomic E-state index is 7.90. The van der Waals surface area contributed by atoms with Crippen molar-refractivity contribution >= 4 is 123 Å². The van der Waals surface area contributed by atoms with Gasteiger partial charge in [0.2, 0.25) is 0 Å². The number of hydrogen-bond donors (Lipinski definition) is 0. The van der Waals surface area contributed by atoms with E-state index in [0.717, 1.165) is 162 Å². The second kappa shape index (κ2) is 27.1.